The van der Waals surface area contributed by atoms with Gasteiger partial charge in [-0.2, -0.15) is 5.10 Å². The van der Waals surface area contributed by atoms with Gasteiger partial charge < -0.3 is 31.0 Å². The molecule has 0 spiro atoms. The second kappa shape index (κ2) is 8.86. The van der Waals surface area contributed by atoms with Crippen LogP contribution in [0.15, 0.2) is 17.8 Å². The van der Waals surface area contributed by atoms with Crippen LogP contribution in [-0.2, 0) is 9.53 Å². The van der Waals surface area contributed by atoms with E-state index >= 15 is 0 Å². The Kier molecular flexibility index (Phi) is 6.45. The Balaban J connectivity index is 1.59. The predicted octanol–water partition coefficient (Wildman–Crippen LogP) is 1.56. The highest BCUT2D eigenvalue weighted by molar-refractivity contribution is 6.08. The first kappa shape index (κ1) is 21.8. The number of carbonyl (C=O) groups is 2. The molecule has 2 aliphatic rings. The van der Waals surface area contributed by atoms with Crippen LogP contribution in [0, 0.1) is 5.41 Å². The fraction of sp³-hybridized carbons (Fsp3) is 0.600. The van der Waals surface area contributed by atoms with E-state index in [4.69, 9.17) is 10.1 Å². The number of hydrogen-bond donors (Lipinski definition) is 5. The summed E-state index contributed by atoms with van der Waals surface area (Å²) in [4.78, 5) is 26.7. The number of nitrogens with zero attached hydrogens (tertiary/aromatic N) is 2. The lowest BCUT2D eigenvalue weighted by molar-refractivity contribution is -0.113. The second-order valence-electron chi connectivity index (χ2n) is 8.53. The summed E-state index contributed by atoms with van der Waals surface area (Å²) in [5.74, 6) is 0.313. The van der Waals surface area contributed by atoms with Crippen LogP contribution in [0.4, 0.5) is 10.6 Å². The molecule has 30 heavy (non-hydrogen) atoms. The molecule has 2 heterocycles. The third kappa shape index (κ3) is 4.99. The SMILES string of the molecule is CN/C(=C\C(=N)COC)C(=O)Nc1cc([C@@H]2CC[C@H](N3CC(C)(C)NC3=O)C2)[nH]n1. The molecule has 10 nitrogen and oxygen atoms in total. The smallest absolute Gasteiger partial charge is 0.318 e. The highest BCUT2D eigenvalue weighted by atomic mass is 16.5. The number of aromatic nitrogens is 2. The summed E-state index contributed by atoms with van der Waals surface area (Å²) >= 11 is 0. The quantitative estimate of drug-likeness (QED) is 0.323. The number of amides is 3. The lowest BCUT2D eigenvalue weighted by Crippen LogP contribution is -2.36. The second-order valence-corrected chi connectivity index (χ2v) is 8.53. The molecule has 1 aliphatic carbocycles. The van der Waals surface area contributed by atoms with E-state index in [1.807, 2.05) is 24.8 Å². The standard InChI is InChI=1S/C20H31N7O3/c1-20(2)11-27(19(29)24-20)14-6-5-12(7-14)15-9-17(26-25-15)23-18(28)16(22-3)8-13(21)10-30-4/h8-9,12,14,21-22H,5-7,10-11H2,1-4H3,(H,24,29)(H2,23,25,26,28)/b16-8-,21-13?/t12-,14+/m1/s1. The molecule has 5 N–H and O–H groups in total. The minimum absolute atomic E-state index is 0.00800. The Morgan fingerprint density at radius 1 is 1.47 bits per heavy atom. The molecular weight excluding hydrogens is 386 g/mol. The Labute approximate surface area is 176 Å². The van der Waals surface area contributed by atoms with E-state index in [-0.39, 0.29) is 47.5 Å². The molecule has 0 unspecified atom stereocenters. The summed E-state index contributed by atoms with van der Waals surface area (Å²) in [6.07, 6.45) is 4.20. The van der Waals surface area contributed by atoms with Crippen molar-refractivity contribution in [1.29, 1.82) is 5.41 Å². The molecule has 0 bridgehead atoms. The number of likely N-dealkylation sites (N-methyl/N-ethyl adjacent to an activating group) is 1. The van der Waals surface area contributed by atoms with Gasteiger partial charge in [0, 0.05) is 44.4 Å². The summed E-state index contributed by atoms with van der Waals surface area (Å²) in [6, 6.07) is 2.06. The third-order valence-electron chi connectivity index (χ3n) is 5.53. The number of urea groups is 1. The van der Waals surface area contributed by atoms with Crippen molar-refractivity contribution in [3.8, 4) is 0 Å². The zero-order valence-corrected chi connectivity index (χ0v) is 18.0. The van der Waals surface area contributed by atoms with Crippen molar-refractivity contribution in [2.24, 2.45) is 0 Å². The van der Waals surface area contributed by atoms with E-state index < -0.39 is 0 Å². The summed E-state index contributed by atoms with van der Waals surface area (Å²) in [5.41, 5.74) is 1.20. The summed E-state index contributed by atoms with van der Waals surface area (Å²) < 4.78 is 4.90. The number of nitrogens with one attached hydrogen (secondary N) is 5. The van der Waals surface area contributed by atoms with Crippen LogP contribution in [0.2, 0.25) is 0 Å². The molecule has 3 amide bonds. The molecule has 0 aromatic carbocycles. The maximum atomic E-state index is 12.5. The highest BCUT2D eigenvalue weighted by Crippen LogP contribution is 2.38. The summed E-state index contributed by atoms with van der Waals surface area (Å²) in [6.45, 7) is 4.91. The van der Waals surface area contributed by atoms with Gasteiger partial charge in [-0.15, -0.1) is 0 Å². The molecule has 1 aliphatic heterocycles. The van der Waals surface area contributed by atoms with Crippen molar-refractivity contribution >= 4 is 23.5 Å². The average molecular weight is 418 g/mol. The monoisotopic (exact) mass is 417 g/mol. The van der Waals surface area contributed by atoms with Crippen LogP contribution in [0.3, 0.4) is 0 Å². The van der Waals surface area contributed by atoms with Crippen molar-refractivity contribution in [2.75, 3.05) is 32.6 Å². The van der Waals surface area contributed by atoms with Gasteiger partial charge >= 0.3 is 6.03 Å². The van der Waals surface area contributed by atoms with Gasteiger partial charge in [0.25, 0.3) is 5.91 Å². The lowest BCUT2D eigenvalue weighted by atomic mass is 10.0. The molecule has 0 radical (unpaired) electrons. The van der Waals surface area contributed by atoms with Gasteiger partial charge in [-0.3, -0.25) is 9.89 Å². The highest BCUT2D eigenvalue weighted by Gasteiger charge is 2.41. The maximum absolute atomic E-state index is 12.5. The van der Waals surface area contributed by atoms with E-state index in [0.29, 0.717) is 12.4 Å². The number of carbonyl (C=O) groups excluding carboxylic acids is 2. The van der Waals surface area contributed by atoms with Gasteiger partial charge in [0.15, 0.2) is 5.82 Å². The first-order valence-corrected chi connectivity index (χ1v) is 10.1. The van der Waals surface area contributed by atoms with Gasteiger partial charge in [0.05, 0.1) is 17.9 Å². The van der Waals surface area contributed by atoms with Gasteiger partial charge in [0.1, 0.15) is 5.70 Å². The van der Waals surface area contributed by atoms with Crippen LogP contribution in [0.5, 0.6) is 0 Å². The average Bonchev–Trinajstić information content (AvgIpc) is 3.38. The molecule has 2 fully saturated rings. The van der Waals surface area contributed by atoms with E-state index in [0.717, 1.165) is 25.0 Å². The molecule has 1 aromatic rings. The van der Waals surface area contributed by atoms with E-state index in [2.05, 4.69) is 26.1 Å². The molecular formula is C20H31N7O3. The van der Waals surface area contributed by atoms with Gasteiger partial charge in [0.2, 0.25) is 0 Å². The predicted molar refractivity (Wildman–Crippen MR) is 114 cm³/mol. The van der Waals surface area contributed by atoms with E-state index in [9.17, 15) is 9.59 Å². The van der Waals surface area contributed by atoms with E-state index in [1.165, 1.54) is 13.2 Å². The molecule has 1 saturated carbocycles. The summed E-state index contributed by atoms with van der Waals surface area (Å²) in [7, 11) is 3.12. The van der Waals surface area contributed by atoms with Crippen molar-refractivity contribution < 1.29 is 14.3 Å². The maximum Gasteiger partial charge on any atom is 0.318 e. The fourth-order valence-corrected chi connectivity index (χ4v) is 4.13. The Hall–Kier alpha value is -2.88. The first-order valence-electron chi connectivity index (χ1n) is 10.1. The number of anilines is 1. The van der Waals surface area contributed by atoms with Crippen molar-refractivity contribution in [3.63, 3.8) is 0 Å². The van der Waals surface area contributed by atoms with Crippen LogP contribution < -0.4 is 16.0 Å². The van der Waals surface area contributed by atoms with Crippen LogP contribution in [0.1, 0.15) is 44.7 Å². The number of aromatic amines is 1. The number of methoxy groups -OCH3 is 1. The number of rotatable bonds is 8. The Morgan fingerprint density at radius 2 is 2.23 bits per heavy atom. The van der Waals surface area contributed by atoms with Gasteiger partial charge in [-0.05, 0) is 39.2 Å². The Morgan fingerprint density at radius 3 is 2.87 bits per heavy atom. The van der Waals surface area contributed by atoms with Crippen molar-refractivity contribution in [2.45, 2.75) is 50.6 Å². The molecule has 10 heteroatoms. The molecule has 1 saturated heterocycles. The molecule has 164 valence electrons. The number of H-pyrrole nitrogens is 1. The number of hydrogen-bond acceptors (Lipinski definition) is 6. The third-order valence-corrected chi connectivity index (χ3v) is 5.53. The van der Waals surface area contributed by atoms with E-state index in [1.54, 1.807) is 7.05 Å². The zero-order valence-electron chi connectivity index (χ0n) is 18.0. The molecule has 1 aromatic heterocycles. The minimum Gasteiger partial charge on any atom is -0.384 e. The first-order chi connectivity index (χ1) is 14.2. The normalized spacial score (nSPS) is 23.4. The molecule has 3 rings (SSSR count). The zero-order chi connectivity index (χ0) is 21.9. The van der Waals surface area contributed by atoms with Crippen LogP contribution in [-0.4, -0.2) is 71.6 Å². The van der Waals surface area contributed by atoms with Crippen molar-refractivity contribution in [1.82, 2.24) is 25.7 Å². The lowest BCUT2D eigenvalue weighted by Gasteiger charge is -2.24. The number of ether oxygens (including phenoxy) is 1. The Bertz CT molecular complexity index is 845. The summed E-state index contributed by atoms with van der Waals surface area (Å²) in [5, 5.41) is 23.6. The van der Waals surface area contributed by atoms with Gasteiger partial charge in [-0.25, -0.2) is 4.79 Å². The van der Waals surface area contributed by atoms with Gasteiger partial charge in [-0.1, -0.05) is 0 Å². The minimum atomic E-state index is -0.378. The van der Waals surface area contributed by atoms with Crippen LogP contribution >= 0.6 is 0 Å². The van der Waals surface area contributed by atoms with Crippen LogP contribution in [0.25, 0.3) is 0 Å². The largest absolute Gasteiger partial charge is 0.384 e. The topological polar surface area (TPSA) is 135 Å². The fourth-order valence-electron chi connectivity index (χ4n) is 4.13. The van der Waals surface area contributed by atoms with Crippen molar-refractivity contribution in [3.05, 3.63) is 23.5 Å². The molecule has 2 atom stereocenters.